The maximum absolute atomic E-state index is 12.1. The molecule has 2 aliphatic heterocycles. The van der Waals surface area contributed by atoms with Crippen LogP contribution in [0.25, 0.3) is 0 Å². The summed E-state index contributed by atoms with van der Waals surface area (Å²) in [5.41, 5.74) is 1.35. The zero-order chi connectivity index (χ0) is 17.3. The van der Waals surface area contributed by atoms with Crippen LogP contribution < -0.4 is 4.90 Å². The first-order valence-electron chi connectivity index (χ1n) is 9.31. The van der Waals surface area contributed by atoms with Crippen molar-refractivity contribution in [2.24, 2.45) is 5.41 Å². The first kappa shape index (κ1) is 17.2. The summed E-state index contributed by atoms with van der Waals surface area (Å²) in [5.74, 6) is 2.64. The maximum atomic E-state index is 12.1. The Bertz CT molecular complexity index is 615. The Morgan fingerprint density at radius 3 is 2.75 bits per heavy atom. The molecule has 24 heavy (non-hydrogen) atoms. The number of aryl methyl sites for hydroxylation is 1. The number of aromatic nitrogens is 2. The second kappa shape index (κ2) is 6.69. The van der Waals surface area contributed by atoms with Crippen molar-refractivity contribution in [2.45, 2.75) is 59.3 Å². The van der Waals surface area contributed by atoms with Gasteiger partial charge in [0.1, 0.15) is 11.6 Å². The normalized spacial score (nSPS) is 25.0. The molecule has 0 radical (unpaired) electrons. The van der Waals surface area contributed by atoms with Crippen LogP contribution in [0.3, 0.4) is 0 Å². The molecule has 0 unspecified atom stereocenters. The molecule has 132 valence electrons. The molecule has 2 fully saturated rings. The van der Waals surface area contributed by atoms with E-state index in [-0.39, 0.29) is 5.41 Å². The summed E-state index contributed by atoms with van der Waals surface area (Å²) >= 11 is 0. The van der Waals surface area contributed by atoms with Gasteiger partial charge in [0.2, 0.25) is 5.91 Å². The number of amides is 1. The summed E-state index contributed by atoms with van der Waals surface area (Å²) in [6, 6.07) is 2.16. The van der Waals surface area contributed by atoms with Crippen LogP contribution in [0.2, 0.25) is 0 Å². The van der Waals surface area contributed by atoms with Crippen LogP contribution in [-0.4, -0.2) is 47.0 Å². The van der Waals surface area contributed by atoms with Crippen LogP contribution in [0.15, 0.2) is 6.07 Å². The Hall–Kier alpha value is -1.65. The van der Waals surface area contributed by atoms with Gasteiger partial charge in [0, 0.05) is 49.8 Å². The van der Waals surface area contributed by atoms with Crippen molar-refractivity contribution in [1.29, 1.82) is 0 Å². The lowest BCUT2D eigenvalue weighted by atomic mass is 9.73. The molecule has 0 bridgehead atoms. The predicted molar refractivity (Wildman–Crippen MR) is 96.2 cm³/mol. The van der Waals surface area contributed by atoms with Gasteiger partial charge in [-0.15, -0.1) is 0 Å². The highest BCUT2D eigenvalue weighted by Crippen LogP contribution is 2.40. The fourth-order valence-electron chi connectivity index (χ4n) is 4.16. The highest BCUT2D eigenvalue weighted by Gasteiger charge is 2.41. The Labute approximate surface area is 145 Å². The van der Waals surface area contributed by atoms with Crippen molar-refractivity contribution in [3.05, 3.63) is 17.6 Å². The van der Waals surface area contributed by atoms with E-state index in [1.54, 1.807) is 0 Å². The van der Waals surface area contributed by atoms with E-state index in [4.69, 9.17) is 4.98 Å². The van der Waals surface area contributed by atoms with Gasteiger partial charge in [0.25, 0.3) is 0 Å². The molecule has 0 aliphatic carbocycles. The summed E-state index contributed by atoms with van der Waals surface area (Å²) in [7, 11) is 0. The summed E-state index contributed by atoms with van der Waals surface area (Å²) in [5, 5.41) is 0. The minimum absolute atomic E-state index is 0.235. The lowest BCUT2D eigenvalue weighted by molar-refractivity contribution is -0.137. The standard InChI is InChI=1S/C19H30N4O/c1-5-22-12-19(9-7-18(22)24)8-6-10-23(13-19)17-11-16(14(2)3)20-15(4)21-17/h11,14H,5-10,12-13H2,1-4H3/t19-/m1/s1. The van der Waals surface area contributed by atoms with Crippen LogP contribution in [0, 0.1) is 12.3 Å². The summed E-state index contributed by atoms with van der Waals surface area (Å²) in [4.78, 5) is 25.8. The number of carbonyl (C=O) groups excluding carboxylic acids is 1. The van der Waals surface area contributed by atoms with Crippen molar-refractivity contribution >= 4 is 11.7 Å². The van der Waals surface area contributed by atoms with Crippen molar-refractivity contribution in [2.75, 3.05) is 31.1 Å². The molecule has 0 saturated carbocycles. The van der Waals surface area contributed by atoms with E-state index in [9.17, 15) is 4.79 Å². The molecular weight excluding hydrogens is 300 g/mol. The number of carbonyl (C=O) groups is 1. The van der Waals surface area contributed by atoms with Crippen molar-refractivity contribution < 1.29 is 4.79 Å². The average molecular weight is 330 g/mol. The highest BCUT2D eigenvalue weighted by molar-refractivity contribution is 5.77. The van der Waals surface area contributed by atoms with Gasteiger partial charge in [-0.3, -0.25) is 4.79 Å². The molecule has 3 rings (SSSR count). The van der Waals surface area contributed by atoms with Crippen molar-refractivity contribution in [3.8, 4) is 0 Å². The molecule has 1 aromatic rings. The van der Waals surface area contributed by atoms with Crippen LogP contribution >= 0.6 is 0 Å². The molecular formula is C19H30N4O. The third-order valence-electron chi connectivity index (χ3n) is 5.55. The zero-order valence-electron chi connectivity index (χ0n) is 15.5. The first-order chi connectivity index (χ1) is 11.4. The van der Waals surface area contributed by atoms with E-state index < -0.39 is 0 Å². The van der Waals surface area contributed by atoms with E-state index >= 15 is 0 Å². The molecule has 1 aromatic heterocycles. The summed E-state index contributed by atoms with van der Waals surface area (Å²) in [6.07, 6.45) is 4.10. The maximum Gasteiger partial charge on any atom is 0.222 e. The van der Waals surface area contributed by atoms with E-state index in [0.29, 0.717) is 18.2 Å². The van der Waals surface area contributed by atoms with Crippen molar-refractivity contribution in [1.82, 2.24) is 14.9 Å². The predicted octanol–water partition coefficient (Wildman–Crippen LogP) is 3.14. The third-order valence-corrected chi connectivity index (χ3v) is 5.55. The molecule has 1 amide bonds. The largest absolute Gasteiger partial charge is 0.356 e. The Morgan fingerprint density at radius 2 is 2.04 bits per heavy atom. The molecule has 5 heteroatoms. The molecule has 2 saturated heterocycles. The molecule has 1 atom stereocenters. The van der Waals surface area contributed by atoms with E-state index in [2.05, 4.69) is 36.7 Å². The van der Waals surface area contributed by atoms with Crippen LogP contribution in [0.5, 0.6) is 0 Å². The molecule has 3 heterocycles. The van der Waals surface area contributed by atoms with Crippen LogP contribution in [0.1, 0.15) is 63.9 Å². The van der Waals surface area contributed by atoms with E-state index in [1.165, 1.54) is 12.8 Å². The minimum atomic E-state index is 0.235. The Morgan fingerprint density at radius 1 is 1.25 bits per heavy atom. The number of nitrogens with zero attached hydrogens (tertiary/aromatic N) is 4. The molecule has 2 aliphatic rings. The number of piperidine rings is 2. The van der Waals surface area contributed by atoms with Crippen LogP contribution in [-0.2, 0) is 4.79 Å². The van der Waals surface area contributed by atoms with Gasteiger partial charge in [-0.05, 0) is 39.0 Å². The average Bonchev–Trinajstić information content (AvgIpc) is 2.57. The molecule has 1 spiro atoms. The zero-order valence-corrected chi connectivity index (χ0v) is 15.5. The number of anilines is 1. The first-order valence-corrected chi connectivity index (χ1v) is 9.31. The monoisotopic (exact) mass is 330 g/mol. The Balaban J connectivity index is 1.82. The number of rotatable bonds is 3. The molecule has 5 nitrogen and oxygen atoms in total. The fraction of sp³-hybridized carbons (Fsp3) is 0.737. The van der Waals surface area contributed by atoms with Crippen LogP contribution in [0.4, 0.5) is 5.82 Å². The quantitative estimate of drug-likeness (QED) is 0.854. The minimum Gasteiger partial charge on any atom is -0.356 e. The van der Waals surface area contributed by atoms with Crippen molar-refractivity contribution in [3.63, 3.8) is 0 Å². The second-order valence-corrected chi connectivity index (χ2v) is 7.79. The smallest absolute Gasteiger partial charge is 0.222 e. The highest BCUT2D eigenvalue weighted by atomic mass is 16.2. The summed E-state index contributed by atoms with van der Waals surface area (Å²) < 4.78 is 0. The Kier molecular flexibility index (Phi) is 4.79. The second-order valence-electron chi connectivity index (χ2n) is 7.79. The number of likely N-dealkylation sites (tertiary alicyclic amines) is 1. The van der Waals surface area contributed by atoms with Gasteiger partial charge in [0.05, 0.1) is 0 Å². The topological polar surface area (TPSA) is 49.3 Å². The van der Waals surface area contributed by atoms with Gasteiger partial charge in [0.15, 0.2) is 0 Å². The summed E-state index contributed by atoms with van der Waals surface area (Å²) in [6.45, 7) is 12.2. The van der Waals surface area contributed by atoms with E-state index in [1.807, 2.05) is 11.8 Å². The molecule has 0 N–H and O–H groups in total. The van der Waals surface area contributed by atoms with E-state index in [0.717, 1.165) is 49.9 Å². The van der Waals surface area contributed by atoms with Gasteiger partial charge < -0.3 is 9.80 Å². The molecule has 0 aromatic carbocycles. The third kappa shape index (κ3) is 3.40. The number of hydrogen-bond acceptors (Lipinski definition) is 4. The van der Waals surface area contributed by atoms with Gasteiger partial charge >= 0.3 is 0 Å². The van der Waals surface area contributed by atoms with Gasteiger partial charge in [-0.2, -0.15) is 0 Å². The lowest BCUT2D eigenvalue weighted by Gasteiger charge is -2.48. The fourth-order valence-corrected chi connectivity index (χ4v) is 4.16. The SMILES string of the molecule is CCN1C[C@@]2(CCCN(c3cc(C(C)C)nc(C)n3)C2)CCC1=O. The lowest BCUT2D eigenvalue weighted by Crippen LogP contribution is -2.54. The van der Waals surface area contributed by atoms with Gasteiger partial charge in [-0.1, -0.05) is 13.8 Å². The van der Waals surface area contributed by atoms with Gasteiger partial charge in [-0.25, -0.2) is 9.97 Å². The number of hydrogen-bond donors (Lipinski definition) is 0.